The molecule has 0 radical (unpaired) electrons. The Hall–Kier alpha value is -1.59. The molecule has 0 bridgehead atoms. The van der Waals surface area contributed by atoms with Crippen LogP contribution in [-0.4, -0.2) is 21.5 Å². The summed E-state index contributed by atoms with van der Waals surface area (Å²) >= 11 is 0. The molecule has 1 amide bonds. The predicted molar refractivity (Wildman–Crippen MR) is 25.4 cm³/mol. The molecule has 0 aromatic carbocycles. The fourth-order valence-electron chi connectivity index (χ4n) is 0.366. The first-order valence-corrected chi connectivity index (χ1v) is 2.13. The van der Waals surface area contributed by atoms with Gasteiger partial charge in [-0.1, -0.05) is 0 Å². The molecule has 0 unspecified atom stereocenters. The van der Waals surface area contributed by atoms with Crippen molar-refractivity contribution in [3.8, 4) is 0 Å². The van der Waals surface area contributed by atoms with Crippen LogP contribution in [0, 0.1) is 0 Å². The van der Waals surface area contributed by atoms with Gasteiger partial charge in [-0.25, -0.2) is 0 Å². The number of carboxylic acid groups (broad SMARTS) is 1. The van der Waals surface area contributed by atoms with Gasteiger partial charge in [0, 0.05) is 0 Å². The first-order valence-electron chi connectivity index (χ1n) is 2.13. The summed E-state index contributed by atoms with van der Waals surface area (Å²) in [6, 6.07) is 0. The zero-order valence-electron chi connectivity index (χ0n) is 4.29. The topological polar surface area (TPSA) is 93.7 Å². The molecule has 48 valence electrons. The Kier molecular flexibility index (Phi) is 1.31. The van der Waals surface area contributed by atoms with Crippen LogP contribution >= 0.6 is 0 Å². The number of carbonyl (C=O) groups is 1. The Labute approximate surface area is 49.9 Å². The highest BCUT2D eigenvalue weighted by Crippen LogP contribution is 1.92. The maximum Gasteiger partial charge on any atom is 0.173 e. The van der Waals surface area contributed by atoms with Crippen molar-refractivity contribution in [3.05, 3.63) is 6.20 Å². The second-order valence-corrected chi connectivity index (χ2v) is 1.27. The number of nitrogens with zero attached hydrogens (tertiary/aromatic N) is 2. The molecule has 6 heteroatoms. The smallest absolute Gasteiger partial charge is 0.173 e. The number of anilines is 1. The van der Waals surface area contributed by atoms with Gasteiger partial charge in [0.1, 0.15) is 6.09 Å². The largest absolute Gasteiger partial charge is 0.530 e. The highest BCUT2D eigenvalue weighted by atomic mass is 16.4. The Balaban J connectivity index is 2.58. The van der Waals surface area contributed by atoms with Gasteiger partial charge in [-0.3, -0.25) is 0 Å². The number of amides is 1. The van der Waals surface area contributed by atoms with E-state index in [4.69, 9.17) is 0 Å². The third-order valence-electron chi connectivity index (χ3n) is 0.645. The lowest BCUT2D eigenvalue weighted by molar-refractivity contribution is -0.242. The average molecular weight is 127 g/mol. The van der Waals surface area contributed by atoms with E-state index in [0.717, 1.165) is 0 Å². The van der Waals surface area contributed by atoms with E-state index in [1.165, 1.54) is 6.20 Å². The van der Waals surface area contributed by atoms with E-state index in [1.54, 1.807) is 0 Å². The van der Waals surface area contributed by atoms with E-state index in [0.29, 0.717) is 0 Å². The number of aromatic nitrogens is 3. The highest BCUT2D eigenvalue weighted by Gasteiger charge is 1.90. The molecule has 0 aliphatic heterocycles. The number of aromatic amines is 1. The standard InChI is InChI=1S/C3H4N4O2/c8-3(9)5-2-1-4-7-6-2/h1H,(H,8,9)(H2,4,5,6,7)/p-1. The SMILES string of the molecule is O=C([O-])Nc1cn[nH]n1. The number of carbonyl (C=O) groups excluding carboxylic acids is 1. The Morgan fingerprint density at radius 2 is 2.67 bits per heavy atom. The van der Waals surface area contributed by atoms with Gasteiger partial charge in [0.15, 0.2) is 5.82 Å². The summed E-state index contributed by atoms with van der Waals surface area (Å²) in [6.45, 7) is 0. The Morgan fingerprint density at radius 3 is 3.11 bits per heavy atom. The molecule has 1 rings (SSSR count). The summed E-state index contributed by atoms with van der Waals surface area (Å²) in [7, 11) is 0. The zero-order valence-corrected chi connectivity index (χ0v) is 4.29. The molecular formula is C3H3N4O2-. The summed E-state index contributed by atoms with van der Waals surface area (Å²) in [5, 5.41) is 20.6. The van der Waals surface area contributed by atoms with E-state index in [2.05, 4.69) is 15.4 Å². The molecule has 9 heavy (non-hydrogen) atoms. The number of H-pyrrole nitrogens is 1. The zero-order chi connectivity index (χ0) is 6.69. The first kappa shape index (κ1) is 5.54. The minimum Gasteiger partial charge on any atom is -0.530 e. The Morgan fingerprint density at radius 1 is 1.89 bits per heavy atom. The van der Waals surface area contributed by atoms with Crippen molar-refractivity contribution in [2.45, 2.75) is 0 Å². The second kappa shape index (κ2) is 2.12. The van der Waals surface area contributed by atoms with Crippen molar-refractivity contribution in [1.82, 2.24) is 15.4 Å². The molecule has 2 N–H and O–H groups in total. The maximum absolute atomic E-state index is 9.76. The summed E-state index contributed by atoms with van der Waals surface area (Å²) in [5.74, 6) is 0.134. The van der Waals surface area contributed by atoms with Gasteiger partial charge in [-0.05, 0) is 0 Å². The van der Waals surface area contributed by atoms with Gasteiger partial charge in [-0.15, -0.1) is 5.10 Å². The van der Waals surface area contributed by atoms with Gasteiger partial charge >= 0.3 is 0 Å². The minimum absolute atomic E-state index is 0.134. The summed E-state index contributed by atoms with van der Waals surface area (Å²) in [6.07, 6.45) is -0.167. The lowest BCUT2D eigenvalue weighted by atomic mass is 10.7. The van der Waals surface area contributed by atoms with Crippen LogP contribution in [0.25, 0.3) is 0 Å². The van der Waals surface area contributed by atoms with Crippen LogP contribution in [0.1, 0.15) is 0 Å². The van der Waals surface area contributed by atoms with E-state index < -0.39 is 6.09 Å². The van der Waals surface area contributed by atoms with Gasteiger partial charge in [0.2, 0.25) is 0 Å². The molecule has 1 aromatic rings. The van der Waals surface area contributed by atoms with Crippen LogP contribution in [-0.2, 0) is 0 Å². The molecule has 6 nitrogen and oxygen atoms in total. The van der Waals surface area contributed by atoms with Gasteiger partial charge in [0.05, 0.1) is 6.20 Å². The number of rotatable bonds is 1. The van der Waals surface area contributed by atoms with Crippen LogP contribution < -0.4 is 10.4 Å². The fraction of sp³-hybridized carbons (Fsp3) is 0. The summed E-state index contributed by atoms with van der Waals surface area (Å²) in [4.78, 5) is 9.76. The van der Waals surface area contributed by atoms with Gasteiger partial charge < -0.3 is 15.2 Å². The molecule has 0 atom stereocenters. The van der Waals surface area contributed by atoms with Crippen molar-refractivity contribution < 1.29 is 9.90 Å². The van der Waals surface area contributed by atoms with Crippen molar-refractivity contribution in [3.63, 3.8) is 0 Å². The highest BCUT2D eigenvalue weighted by molar-refractivity contribution is 5.78. The monoisotopic (exact) mass is 127 g/mol. The molecule has 0 saturated heterocycles. The van der Waals surface area contributed by atoms with Crippen LogP contribution in [0.4, 0.5) is 10.6 Å². The molecule has 1 aromatic heterocycles. The lowest BCUT2D eigenvalue weighted by Gasteiger charge is -1.98. The van der Waals surface area contributed by atoms with Gasteiger partial charge in [0.25, 0.3) is 0 Å². The van der Waals surface area contributed by atoms with E-state index >= 15 is 0 Å². The lowest BCUT2D eigenvalue weighted by Crippen LogP contribution is -2.28. The van der Waals surface area contributed by atoms with Crippen molar-refractivity contribution >= 4 is 11.9 Å². The fourth-order valence-corrected chi connectivity index (χ4v) is 0.366. The number of nitrogens with one attached hydrogen (secondary N) is 2. The molecule has 0 saturated carbocycles. The van der Waals surface area contributed by atoms with Crippen LogP contribution in [0.2, 0.25) is 0 Å². The van der Waals surface area contributed by atoms with E-state index in [9.17, 15) is 9.90 Å². The summed E-state index contributed by atoms with van der Waals surface area (Å²) < 4.78 is 0. The number of hydrogen-bond donors (Lipinski definition) is 2. The normalized spacial score (nSPS) is 8.89. The van der Waals surface area contributed by atoms with E-state index in [-0.39, 0.29) is 5.82 Å². The molecule has 0 spiro atoms. The third kappa shape index (κ3) is 1.41. The molecule has 0 aliphatic rings. The predicted octanol–water partition coefficient (Wildman–Crippen LogP) is -1.44. The van der Waals surface area contributed by atoms with Crippen molar-refractivity contribution in [2.24, 2.45) is 0 Å². The average Bonchev–Trinajstić information content (AvgIpc) is 2.15. The van der Waals surface area contributed by atoms with Crippen LogP contribution in [0.15, 0.2) is 6.20 Å². The van der Waals surface area contributed by atoms with Crippen LogP contribution in [0.3, 0.4) is 0 Å². The Bertz CT molecular complexity index is 194. The van der Waals surface area contributed by atoms with Crippen molar-refractivity contribution in [2.75, 3.05) is 5.32 Å². The minimum atomic E-state index is -1.40. The molecule has 0 aliphatic carbocycles. The summed E-state index contributed by atoms with van der Waals surface area (Å²) in [5.41, 5.74) is 0. The quantitative estimate of drug-likeness (QED) is 0.483. The molecule has 1 heterocycles. The maximum atomic E-state index is 9.76. The molecule has 0 fully saturated rings. The second-order valence-electron chi connectivity index (χ2n) is 1.27. The van der Waals surface area contributed by atoms with Gasteiger partial charge in [-0.2, -0.15) is 10.3 Å². The molecular weight excluding hydrogens is 124 g/mol. The van der Waals surface area contributed by atoms with E-state index in [1.807, 2.05) is 5.32 Å². The van der Waals surface area contributed by atoms with Crippen LogP contribution in [0.5, 0.6) is 0 Å². The third-order valence-corrected chi connectivity index (χ3v) is 0.645. The van der Waals surface area contributed by atoms with Crippen molar-refractivity contribution in [1.29, 1.82) is 0 Å². The first-order chi connectivity index (χ1) is 4.29. The number of hydrogen-bond acceptors (Lipinski definition) is 4.